The molecule has 11 nitrogen and oxygen atoms in total. The minimum atomic E-state index is -1.25. The largest absolute Gasteiger partial charge is 0.443 e. The van der Waals surface area contributed by atoms with Crippen molar-refractivity contribution in [3.8, 4) is 0 Å². The van der Waals surface area contributed by atoms with Crippen molar-refractivity contribution in [1.82, 2.24) is 10.6 Å². The number of epoxide rings is 2. The molecule has 3 amide bonds. The van der Waals surface area contributed by atoms with E-state index < -0.39 is 54.4 Å². The molecule has 2 aliphatic heterocycles. The summed E-state index contributed by atoms with van der Waals surface area (Å²) in [5.41, 5.74) is 5.60. The first-order chi connectivity index (χ1) is 16.9. The number of primary amides is 1. The summed E-state index contributed by atoms with van der Waals surface area (Å²) in [5, 5.41) is 14.2. The molecule has 4 unspecified atom stereocenters. The molecule has 11 heteroatoms. The molecule has 36 heavy (non-hydrogen) atoms. The summed E-state index contributed by atoms with van der Waals surface area (Å²) in [7, 11) is 1.59. The van der Waals surface area contributed by atoms with E-state index in [0.717, 1.165) is 6.42 Å². The molecule has 0 aromatic heterocycles. The Kier molecular flexibility index (Phi) is 8.70. The van der Waals surface area contributed by atoms with E-state index in [1.165, 1.54) is 5.57 Å². The fraction of sp³-hybridized carbons (Fsp3) is 0.800. The summed E-state index contributed by atoms with van der Waals surface area (Å²) >= 11 is 0. The monoisotopic (exact) mass is 511 g/mol. The summed E-state index contributed by atoms with van der Waals surface area (Å²) in [4.78, 5) is 36.9. The highest BCUT2D eigenvalue weighted by atomic mass is 16.6. The van der Waals surface area contributed by atoms with Gasteiger partial charge in [-0.3, -0.25) is 9.59 Å². The van der Waals surface area contributed by atoms with Gasteiger partial charge in [-0.1, -0.05) is 25.5 Å². The number of hydrogen-bond donors (Lipinski definition) is 4. The second kappa shape index (κ2) is 11.0. The van der Waals surface area contributed by atoms with Crippen molar-refractivity contribution in [1.29, 1.82) is 0 Å². The average Bonchev–Trinajstić information content (AvgIpc) is 3.72. The van der Waals surface area contributed by atoms with E-state index in [4.69, 9.17) is 24.7 Å². The molecule has 3 fully saturated rings. The van der Waals surface area contributed by atoms with Crippen molar-refractivity contribution >= 4 is 17.9 Å². The van der Waals surface area contributed by atoms with Crippen LogP contribution < -0.4 is 16.4 Å². The smallest absolute Gasteiger partial charge is 0.408 e. The van der Waals surface area contributed by atoms with Crippen molar-refractivity contribution in [2.75, 3.05) is 20.3 Å². The predicted octanol–water partition coefficient (Wildman–Crippen LogP) is 0.776. The number of amides is 3. The van der Waals surface area contributed by atoms with E-state index in [1.807, 2.05) is 0 Å². The number of rotatable bonds is 11. The molecule has 0 bridgehead atoms. The number of alkyl carbamates (subject to hydrolysis) is 1. The highest BCUT2D eigenvalue weighted by Gasteiger charge is 2.72. The van der Waals surface area contributed by atoms with E-state index in [1.54, 1.807) is 21.0 Å². The van der Waals surface area contributed by atoms with Crippen LogP contribution in [0.25, 0.3) is 0 Å². The highest BCUT2D eigenvalue weighted by molar-refractivity contribution is 5.90. The van der Waals surface area contributed by atoms with Gasteiger partial charge in [0.15, 0.2) is 0 Å². The Morgan fingerprint density at radius 3 is 2.42 bits per heavy atom. The first-order valence-corrected chi connectivity index (χ1v) is 12.5. The number of methoxy groups -OCH3 is 1. The third kappa shape index (κ3) is 6.01. The van der Waals surface area contributed by atoms with Gasteiger partial charge in [0.05, 0.1) is 25.2 Å². The quantitative estimate of drug-likeness (QED) is 0.233. The lowest BCUT2D eigenvalue weighted by Gasteiger charge is -2.42. The first-order valence-electron chi connectivity index (χ1n) is 12.5. The number of carbonyl (C=O) groups excluding carboxylic acids is 3. The topological polar surface area (TPSA) is 165 Å². The third-order valence-corrected chi connectivity index (χ3v) is 7.56. The molecule has 8 atom stereocenters. The van der Waals surface area contributed by atoms with Crippen molar-refractivity contribution in [3.05, 3.63) is 11.6 Å². The van der Waals surface area contributed by atoms with E-state index in [2.05, 4.69) is 37.5 Å². The third-order valence-electron chi connectivity index (χ3n) is 7.56. The van der Waals surface area contributed by atoms with Crippen molar-refractivity contribution < 1.29 is 38.4 Å². The van der Waals surface area contributed by atoms with Crippen LogP contribution in [-0.2, 0) is 28.5 Å². The maximum atomic E-state index is 12.9. The number of ether oxygens (including phenoxy) is 4. The molecule has 0 aromatic rings. The van der Waals surface area contributed by atoms with Gasteiger partial charge in [-0.25, -0.2) is 4.79 Å². The maximum Gasteiger partial charge on any atom is 0.408 e. The lowest BCUT2D eigenvalue weighted by atomic mass is 9.68. The van der Waals surface area contributed by atoms with Crippen molar-refractivity contribution in [2.24, 2.45) is 17.6 Å². The molecule has 0 radical (unpaired) electrons. The van der Waals surface area contributed by atoms with Gasteiger partial charge < -0.3 is 40.4 Å². The molecule has 2 saturated heterocycles. The van der Waals surface area contributed by atoms with Gasteiger partial charge in [-0.15, -0.1) is 0 Å². The summed E-state index contributed by atoms with van der Waals surface area (Å²) in [5.74, 6) is -1.96. The number of allylic oxidation sites excluding steroid dienone is 1. The van der Waals surface area contributed by atoms with E-state index in [0.29, 0.717) is 19.4 Å². The fourth-order valence-electron chi connectivity index (χ4n) is 5.37. The molecule has 0 aromatic carbocycles. The van der Waals surface area contributed by atoms with Gasteiger partial charge in [0.2, 0.25) is 11.8 Å². The zero-order valence-electron chi connectivity index (χ0n) is 22.0. The Balaban J connectivity index is 1.68. The molecular weight excluding hydrogens is 470 g/mol. The predicted molar refractivity (Wildman–Crippen MR) is 130 cm³/mol. The summed E-state index contributed by atoms with van der Waals surface area (Å²) in [6, 6.07) is -2.25. The van der Waals surface area contributed by atoms with Crippen LogP contribution in [0.4, 0.5) is 4.79 Å². The normalized spacial score (nSPS) is 34.4. The highest BCUT2D eigenvalue weighted by Crippen LogP contribution is 2.59. The molecule has 5 N–H and O–H groups in total. The molecule has 2 heterocycles. The van der Waals surface area contributed by atoms with Crippen LogP contribution in [0.2, 0.25) is 0 Å². The second-order valence-electron chi connectivity index (χ2n) is 10.8. The Morgan fingerprint density at radius 1 is 1.25 bits per heavy atom. The average molecular weight is 512 g/mol. The van der Waals surface area contributed by atoms with Gasteiger partial charge in [0, 0.05) is 7.11 Å². The Labute approximate surface area is 212 Å². The molecule has 1 spiro atoms. The van der Waals surface area contributed by atoms with Gasteiger partial charge in [0.1, 0.15) is 35.5 Å². The van der Waals surface area contributed by atoms with Gasteiger partial charge in [-0.2, -0.15) is 0 Å². The minimum Gasteiger partial charge on any atom is -0.443 e. The van der Waals surface area contributed by atoms with Gasteiger partial charge >= 0.3 is 6.09 Å². The van der Waals surface area contributed by atoms with Crippen LogP contribution in [0, 0.1) is 11.8 Å². The van der Waals surface area contributed by atoms with Crippen LogP contribution in [0.15, 0.2) is 11.6 Å². The van der Waals surface area contributed by atoms with Crippen LogP contribution in [0.1, 0.15) is 53.9 Å². The molecular formula is C25H41N3O8. The Hall–Kier alpha value is -2.21. The summed E-state index contributed by atoms with van der Waals surface area (Å²) in [6.07, 6.45) is 2.43. The number of aliphatic hydroxyl groups is 1. The number of carbonyl (C=O) groups is 3. The van der Waals surface area contributed by atoms with Crippen molar-refractivity contribution in [2.45, 2.75) is 95.5 Å². The van der Waals surface area contributed by atoms with E-state index in [9.17, 15) is 19.5 Å². The number of aliphatic hydroxyl groups excluding tert-OH is 1. The Morgan fingerprint density at radius 2 is 1.92 bits per heavy atom. The van der Waals surface area contributed by atoms with E-state index in [-0.39, 0.29) is 23.5 Å². The molecule has 3 rings (SSSR count). The number of nitrogens with two attached hydrogens (primary N) is 1. The maximum absolute atomic E-state index is 12.9. The van der Waals surface area contributed by atoms with Crippen molar-refractivity contribution in [3.63, 3.8) is 0 Å². The summed E-state index contributed by atoms with van der Waals surface area (Å²) < 4.78 is 23.8. The van der Waals surface area contributed by atoms with Gasteiger partial charge in [-0.05, 0) is 46.0 Å². The zero-order valence-corrected chi connectivity index (χ0v) is 22.0. The number of nitrogens with one attached hydrogen (secondary N) is 2. The second-order valence-corrected chi connectivity index (χ2v) is 10.8. The SMILES string of the molecule is CO[C@@H]1[C@H](OC(=O)NC(C(=O)NC(CO)C(N)=O)C(C)C)CCC2(CO2)[C@H]1[C@@]1(C)OC1CC=C(C)C. The van der Waals surface area contributed by atoms with Crippen LogP contribution in [-0.4, -0.2) is 84.9 Å². The standard InChI is InChI=1S/C25H41N3O8/c1-13(2)7-8-17-24(5,36-17)20-19(33-6)16(9-10-25(20)12-34-25)35-23(32)28-18(14(3)4)22(31)27-15(11-29)21(26)30/h7,14-20,29H,8-12H2,1-6H3,(H2,26,30)(H,27,31)(H,28,32)/t15?,16-,17?,18?,19-,20-,24+,25?/m1/s1. The molecule has 204 valence electrons. The van der Waals surface area contributed by atoms with Crippen LogP contribution in [0.5, 0.6) is 0 Å². The lowest BCUT2D eigenvalue weighted by molar-refractivity contribution is -0.130. The van der Waals surface area contributed by atoms with Gasteiger partial charge in [0.25, 0.3) is 0 Å². The molecule has 3 aliphatic rings. The summed E-state index contributed by atoms with van der Waals surface area (Å²) in [6.45, 7) is 9.62. The zero-order chi connectivity index (χ0) is 26.8. The molecule has 1 saturated carbocycles. The van der Waals surface area contributed by atoms with Crippen LogP contribution >= 0.6 is 0 Å². The first kappa shape index (κ1) is 28.4. The Bertz CT molecular complexity index is 869. The van der Waals surface area contributed by atoms with Crippen LogP contribution in [0.3, 0.4) is 0 Å². The minimum absolute atomic E-state index is 0.0300. The van der Waals surface area contributed by atoms with E-state index >= 15 is 0 Å². The number of hydrogen-bond acceptors (Lipinski definition) is 8. The lowest BCUT2D eigenvalue weighted by Crippen LogP contribution is -2.58. The fourth-order valence-corrected chi connectivity index (χ4v) is 5.37. The molecule has 1 aliphatic carbocycles.